The molecule has 0 unspecified atom stereocenters. The van der Waals surface area contributed by atoms with Crippen molar-refractivity contribution < 1.29 is 24.1 Å². The Labute approximate surface area is 105 Å². The Kier molecular flexibility index (Phi) is 3.37. The van der Waals surface area contributed by atoms with Crippen molar-refractivity contribution in [3.05, 3.63) is 46.1 Å². The molecule has 0 atom stereocenters. The highest BCUT2D eigenvalue weighted by Gasteiger charge is 2.18. The molecule has 9 nitrogen and oxygen atoms in total. The second-order valence-corrected chi connectivity index (χ2v) is 3.38. The van der Waals surface area contributed by atoms with Gasteiger partial charge in [0, 0.05) is 12.1 Å². The van der Waals surface area contributed by atoms with E-state index in [-0.39, 0.29) is 29.4 Å². The standard InChI is InChI=1S/C10H7N3O6/c14-10(15)6-1-2-7(13(16)17)8(3-6)18-4-9-11-5-19-12-9/h1-3,5H,4H2,(H,14,15). The zero-order valence-electron chi connectivity index (χ0n) is 9.35. The van der Waals surface area contributed by atoms with Gasteiger partial charge in [-0.05, 0) is 6.07 Å². The number of aromatic nitrogens is 2. The van der Waals surface area contributed by atoms with Gasteiger partial charge in [-0.25, -0.2) is 4.79 Å². The van der Waals surface area contributed by atoms with E-state index in [1.54, 1.807) is 0 Å². The molecule has 0 saturated heterocycles. The molecule has 0 aliphatic rings. The topological polar surface area (TPSA) is 129 Å². The Morgan fingerprint density at radius 2 is 2.32 bits per heavy atom. The lowest BCUT2D eigenvalue weighted by Crippen LogP contribution is -2.03. The molecular weight excluding hydrogens is 258 g/mol. The number of hydrogen-bond donors (Lipinski definition) is 1. The van der Waals surface area contributed by atoms with Crippen LogP contribution in [-0.2, 0) is 6.61 Å². The van der Waals surface area contributed by atoms with Gasteiger partial charge in [-0.1, -0.05) is 5.16 Å². The normalized spacial score (nSPS) is 10.1. The van der Waals surface area contributed by atoms with E-state index in [1.807, 2.05) is 0 Å². The first-order chi connectivity index (χ1) is 9.08. The fourth-order valence-electron chi connectivity index (χ4n) is 1.31. The van der Waals surface area contributed by atoms with Crippen molar-refractivity contribution in [3.63, 3.8) is 0 Å². The monoisotopic (exact) mass is 265 g/mol. The Balaban J connectivity index is 2.27. The minimum Gasteiger partial charge on any atom is -0.478 e. The Hall–Kier alpha value is -2.97. The van der Waals surface area contributed by atoms with Crippen molar-refractivity contribution in [2.45, 2.75) is 6.61 Å². The summed E-state index contributed by atoms with van der Waals surface area (Å²) >= 11 is 0. The molecule has 0 bridgehead atoms. The van der Waals surface area contributed by atoms with Crippen LogP contribution in [0.2, 0.25) is 0 Å². The van der Waals surface area contributed by atoms with Crippen molar-refractivity contribution in [2.24, 2.45) is 0 Å². The number of aromatic carboxylic acids is 1. The van der Waals surface area contributed by atoms with Crippen LogP contribution in [0.25, 0.3) is 0 Å². The maximum absolute atomic E-state index is 10.8. The van der Waals surface area contributed by atoms with Crippen LogP contribution in [0.3, 0.4) is 0 Å². The van der Waals surface area contributed by atoms with Crippen LogP contribution in [0.15, 0.2) is 29.1 Å². The Morgan fingerprint density at radius 1 is 1.53 bits per heavy atom. The summed E-state index contributed by atoms with van der Waals surface area (Å²) in [6, 6.07) is 3.26. The first-order valence-electron chi connectivity index (χ1n) is 4.97. The average Bonchev–Trinajstić information content (AvgIpc) is 2.88. The molecule has 0 amide bonds. The molecule has 19 heavy (non-hydrogen) atoms. The van der Waals surface area contributed by atoms with Gasteiger partial charge >= 0.3 is 11.7 Å². The van der Waals surface area contributed by atoms with E-state index in [0.717, 1.165) is 24.6 Å². The predicted molar refractivity (Wildman–Crippen MR) is 58.7 cm³/mol. The summed E-state index contributed by atoms with van der Waals surface area (Å²) in [5.41, 5.74) is -0.456. The molecule has 1 aromatic carbocycles. The first-order valence-corrected chi connectivity index (χ1v) is 4.97. The minimum atomic E-state index is -1.21. The number of carboxylic acids is 1. The van der Waals surface area contributed by atoms with Gasteiger partial charge in [-0.2, -0.15) is 4.98 Å². The Morgan fingerprint density at radius 3 is 2.89 bits per heavy atom. The van der Waals surface area contributed by atoms with E-state index < -0.39 is 10.9 Å². The molecule has 1 aromatic heterocycles. The first kappa shape index (κ1) is 12.5. The summed E-state index contributed by atoms with van der Waals surface area (Å²) < 4.78 is 9.62. The number of carbonyl (C=O) groups is 1. The molecule has 0 fully saturated rings. The highest BCUT2D eigenvalue weighted by atomic mass is 16.6. The highest BCUT2D eigenvalue weighted by molar-refractivity contribution is 5.88. The largest absolute Gasteiger partial charge is 0.478 e. The summed E-state index contributed by atoms with van der Waals surface area (Å²) in [5.74, 6) is -1.19. The second-order valence-electron chi connectivity index (χ2n) is 3.38. The molecule has 9 heteroatoms. The van der Waals surface area contributed by atoms with Gasteiger partial charge in [0.05, 0.1) is 10.5 Å². The van der Waals surface area contributed by atoms with Crippen LogP contribution in [-0.4, -0.2) is 26.1 Å². The number of nitro benzene ring substituents is 1. The van der Waals surface area contributed by atoms with Crippen molar-refractivity contribution >= 4 is 11.7 Å². The maximum atomic E-state index is 10.8. The number of nitro groups is 1. The molecule has 0 aliphatic heterocycles. The van der Waals surface area contributed by atoms with Crippen molar-refractivity contribution in [1.29, 1.82) is 0 Å². The van der Waals surface area contributed by atoms with Crippen LogP contribution in [0.4, 0.5) is 5.69 Å². The van der Waals surface area contributed by atoms with Gasteiger partial charge in [0.15, 0.2) is 12.4 Å². The van der Waals surface area contributed by atoms with Gasteiger partial charge < -0.3 is 14.4 Å². The van der Waals surface area contributed by atoms with Crippen LogP contribution in [0, 0.1) is 10.1 Å². The molecule has 2 aromatic rings. The van der Waals surface area contributed by atoms with E-state index in [4.69, 9.17) is 9.84 Å². The lowest BCUT2D eigenvalue weighted by atomic mass is 10.2. The fraction of sp³-hybridized carbons (Fsp3) is 0.100. The fourth-order valence-corrected chi connectivity index (χ4v) is 1.31. The molecule has 0 saturated carbocycles. The molecule has 0 aliphatic carbocycles. The van der Waals surface area contributed by atoms with Crippen LogP contribution >= 0.6 is 0 Å². The maximum Gasteiger partial charge on any atom is 0.335 e. The summed E-state index contributed by atoms with van der Waals surface area (Å²) in [6.07, 6.45) is 1.08. The van der Waals surface area contributed by atoms with E-state index in [2.05, 4.69) is 14.7 Å². The lowest BCUT2D eigenvalue weighted by Gasteiger charge is -2.05. The van der Waals surface area contributed by atoms with E-state index in [9.17, 15) is 14.9 Å². The van der Waals surface area contributed by atoms with Gasteiger partial charge in [0.25, 0.3) is 0 Å². The van der Waals surface area contributed by atoms with Gasteiger partial charge in [0.1, 0.15) is 0 Å². The quantitative estimate of drug-likeness (QED) is 0.631. The Bertz CT molecular complexity index is 610. The third-order valence-electron chi connectivity index (χ3n) is 2.17. The van der Waals surface area contributed by atoms with Crippen molar-refractivity contribution in [1.82, 2.24) is 10.1 Å². The molecule has 1 N–H and O–H groups in total. The average molecular weight is 265 g/mol. The molecule has 1 heterocycles. The third kappa shape index (κ3) is 2.83. The van der Waals surface area contributed by atoms with Gasteiger partial charge in [0.2, 0.25) is 12.2 Å². The molecular formula is C10H7N3O6. The van der Waals surface area contributed by atoms with Crippen molar-refractivity contribution in [2.75, 3.05) is 0 Å². The SMILES string of the molecule is O=C(O)c1ccc([N+](=O)[O-])c(OCc2ncon2)c1. The number of nitrogens with zero attached hydrogens (tertiary/aromatic N) is 3. The number of carboxylic acid groups (broad SMARTS) is 1. The van der Waals surface area contributed by atoms with Gasteiger partial charge in [-0.15, -0.1) is 0 Å². The minimum absolute atomic E-state index is 0.117. The smallest absolute Gasteiger partial charge is 0.335 e. The molecule has 0 radical (unpaired) electrons. The van der Waals surface area contributed by atoms with Gasteiger partial charge in [-0.3, -0.25) is 10.1 Å². The second kappa shape index (κ2) is 5.12. The zero-order valence-corrected chi connectivity index (χ0v) is 9.35. The van der Waals surface area contributed by atoms with Crippen LogP contribution in [0.1, 0.15) is 16.2 Å². The highest BCUT2D eigenvalue weighted by Crippen LogP contribution is 2.28. The number of rotatable bonds is 5. The molecule has 98 valence electrons. The molecule has 0 spiro atoms. The number of ether oxygens (including phenoxy) is 1. The summed E-state index contributed by atoms with van der Waals surface area (Å²) in [7, 11) is 0. The summed E-state index contributed by atoms with van der Waals surface area (Å²) in [6.45, 7) is -0.166. The summed E-state index contributed by atoms with van der Waals surface area (Å²) in [5, 5.41) is 23.1. The lowest BCUT2D eigenvalue weighted by molar-refractivity contribution is -0.386. The zero-order chi connectivity index (χ0) is 13.8. The predicted octanol–water partition coefficient (Wildman–Crippen LogP) is 1.25. The summed E-state index contributed by atoms with van der Waals surface area (Å²) in [4.78, 5) is 24.6. The van der Waals surface area contributed by atoms with Crippen molar-refractivity contribution in [3.8, 4) is 5.75 Å². The van der Waals surface area contributed by atoms with E-state index in [0.29, 0.717) is 0 Å². The molecule has 2 rings (SSSR count). The van der Waals surface area contributed by atoms with Crippen LogP contribution in [0.5, 0.6) is 5.75 Å². The van der Waals surface area contributed by atoms with E-state index in [1.165, 1.54) is 0 Å². The number of hydrogen-bond acceptors (Lipinski definition) is 7. The number of benzene rings is 1. The van der Waals surface area contributed by atoms with Crippen LogP contribution < -0.4 is 4.74 Å². The van der Waals surface area contributed by atoms with E-state index >= 15 is 0 Å². The third-order valence-corrected chi connectivity index (χ3v) is 2.17.